The van der Waals surface area contributed by atoms with E-state index >= 15 is 0 Å². The first-order valence-electron chi connectivity index (χ1n) is 9.80. The molecule has 29 heavy (non-hydrogen) atoms. The first kappa shape index (κ1) is 19.1. The molecular weight excluding hydrogens is 367 g/mol. The summed E-state index contributed by atoms with van der Waals surface area (Å²) in [7, 11) is 0. The molecule has 0 saturated carbocycles. The molecule has 0 spiro atoms. The number of rotatable bonds is 4. The standard InChI is InChI=1S/C23H23FN4O/c1-16-5-2-3-7-20(16)26-23(29)18-6-4-14-28(15-18)21-12-13-25-22(27-21)17-8-10-19(24)11-9-17/h2-3,5,7-13,18H,4,6,14-15H2,1H3,(H,26,29). The molecule has 1 fully saturated rings. The fourth-order valence-electron chi connectivity index (χ4n) is 3.61. The Morgan fingerprint density at radius 1 is 1.14 bits per heavy atom. The number of nitrogens with one attached hydrogen (secondary N) is 1. The number of benzene rings is 2. The molecule has 5 nitrogen and oxygen atoms in total. The summed E-state index contributed by atoms with van der Waals surface area (Å²) in [6.07, 6.45) is 3.48. The second kappa shape index (κ2) is 8.39. The highest BCUT2D eigenvalue weighted by atomic mass is 19.1. The molecule has 1 unspecified atom stereocenters. The van der Waals surface area contributed by atoms with Crippen molar-refractivity contribution in [3.8, 4) is 11.4 Å². The third-order valence-electron chi connectivity index (χ3n) is 5.26. The highest BCUT2D eigenvalue weighted by Gasteiger charge is 2.27. The van der Waals surface area contributed by atoms with Crippen molar-refractivity contribution in [2.75, 3.05) is 23.3 Å². The van der Waals surface area contributed by atoms with Crippen LogP contribution in [0, 0.1) is 18.7 Å². The number of aryl methyl sites for hydroxylation is 1. The minimum Gasteiger partial charge on any atom is -0.356 e. The molecule has 2 aromatic carbocycles. The quantitative estimate of drug-likeness (QED) is 0.715. The van der Waals surface area contributed by atoms with E-state index in [9.17, 15) is 9.18 Å². The lowest BCUT2D eigenvalue weighted by Gasteiger charge is -2.33. The highest BCUT2D eigenvalue weighted by molar-refractivity contribution is 5.93. The minimum absolute atomic E-state index is 0.0387. The largest absolute Gasteiger partial charge is 0.356 e. The number of carbonyl (C=O) groups is 1. The second-order valence-electron chi connectivity index (χ2n) is 7.33. The number of aromatic nitrogens is 2. The summed E-state index contributed by atoms with van der Waals surface area (Å²) in [6, 6.07) is 15.8. The summed E-state index contributed by atoms with van der Waals surface area (Å²) in [4.78, 5) is 23.9. The Balaban J connectivity index is 1.48. The lowest BCUT2D eigenvalue weighted by Crippen LogP contribution is -2.41. The predicted octanol–water partition coefficient (Wildman–Crippen LogP) is 4.45. The zero-order valence-corrected chi connectivity index (χ0v) is 16.3. The summed E-state index contributed by atoms with van der Waals surface area (Å²) in [5.41, 5.74) is 2.67. The van der Waals surface area contributed by atoms with Crippen molar-refractivity contribution in [3.63, 3.8) is 0 Å². The van der Waals surface area contributed by atoms with E-state index in [1.54, 1.807) is 18.3 Å². The van der Waals surface area contributed by atoms with Crippen LogP contribution in [-0.2, 0) is 4.79 Å². The molecular formula is C23H23FN4O. The van der Waals surface area contributed by atoms with Gasteiger partial charge >= 0.3 is 0 Å². The van der Waals surface area contributed by atoms with E-state index in [1.165, 1.54) is 12.1 Å². The lowest BCUT2D eigenvalue weighted by molar-refractivity contribution is -0.120. The molecule has 1 atom stereocenters. The van der Waals surface area contributed by atoms with Crippen LogP contribution in [0.5, 0.6) is 0 Å². The number of carbonyl (C=O) groups excluding carboxylic acids is 1. The zero-order chi connectivity index (χ0) is 20.2. The summed E-state index contributed by atoms with van der Waals surface area (Å²) in [5.74, 6) is 0.981. The van der Waals surface area contributed by atoms with Crippen molar-refractivity contribution in [2.45, 2.75) is 19.8 Å². The van der Waals surface area contributed by atoms with E-state index in [2.05, 4.69) is 20.2 Å². The first-order chi connectivity index (χ1) is 14.1. The molecule has 1 N–H and O–H groups in total. The average molecular weight is 390 g/mol. The fraction of sp³-hybridized carbons (Fsp3) is 0.261. The van der Waals surface area contributed by atoms with Crippen LogP contribution < -0.4 is 10.2 Å². The van der Waals surface area contributed by atoms with Gasteiger partial charge in [0.1, 0.15) is 11.6 Å². The van der Waals surface area contributed by atoms with Crippen LogP contribution in [-0.4, -0.2) is 29.0 Å². The Bertz CT molecular complexity index is 1010. The summed E-state index contributed by atoms with van der Waals surface area (Å²) in [6.45, 7) is 3.44. The fourth-order valence-corrected chi connectivity index (χ4v) is 3.61. The molecule has 6 heteroatoms. The van der Waals surface area contributed by atoms with Gasteiger partial charge in [0.15, 0.2) is 5.82 Å². The Morgan fingerprint density at radius 2 is 1.93 bits per heavy atom. The van der Waals surface area contributed by atoms with Crippen LogP contribution in [0.1, 0.15) is 18.4 Å². The van der Waals surface area contributed by atoms with E-state index in [0.717, 1.165) is 42.0 Å². The molecule has 1 amide bonds. The topological polar surface area (TPSA) is 58.1 Å². The van der Waals surface area contributed by atoms with Gasteiger partial charge in [0.25, 0.3) is 0 Å². The molecule has 4 rings (SSSR count). The first-order valence-corrected chi connectivity index (χ1v) is 9.80. The van der Waals surface area contributed by atoms with Gasteiger partial charge in [-0.2, -0.15) is 0 Å². The van der Waals surface area contributed by atoms with Crippen LogP contribution in [0.2, 0.25) is 0 Å². The van der Waals surface area contributed by atoms with Gasteiger partial charge in [-0.1, -0.05) is 18.2 Å². The maximum atomic E-state index is 13.2. The van der Waals surface area contributed by atoms with Crippen LogP contribution in [0.3, 0.4) is 0 Å². The van der Waals surface area contributed by atoms with E-state index < -0.39 is 0 Å². The van der Waals surface area contributed by atoms with Crippen molar-refractivity contribution in [2.24, 2.45) is 5.92 Å². The molecule has 2 heterocycles. The zero-order valence-electron chi connectivity index (χ0n) is 16.3. The smallest absolute Gasteiger partial charge is 0.229 e. The van der Waals surface area contributed by atoms with Crippen LogP contribution >= 0.6 is 0 Å². The highest BCUT2D eigenvalue weighted by Crippen LogP contribution is 2.25. The van der Waals surface area contributed by atoms with E-state index in [-0.39, 0.29) is 17.6 Å². The van der Waals surface area contributed by atoms with E-state index in [0.29, 0.717) is 12.4 Å². The van der Waals surface area contributed by atoms with Crippen molar-refractivity contribution in [3.05, 3.63) is 72.2 Å². The molecule has 1 aliphatic rings. The van der Waals surface area contributed by atoms with Gasteiger partial charge in [-0.3, -0.25) is 4.79 Å². The average Bonchev–Trinajstić information content (AvgIpc) is 2.76. The van der Waals surface area contributed by atoms with Gasteiger partial charge in [0.2, 0.25) is 5.91 Å². The Kier molecular flexibility index (Phi) is 5.51. The number of piperidine rings is 1. The predicted molar refractivity (Wildman–Crippen MR) is 112 cm³/mol. The molecule has 1 saturated heterocycles. The molecule has 148 valence electrons. The van der Waals surface area contributed by atoms with E-state index in [1.807, 2.05) is 37.3 Å². The maximum absolute atomic E-state index is 13.2. The van der Waals surface area contributed by atoms with E-state index in [4.69, 9.17) is 0 Å². The third kappa shape index (κ3) is 4.42. The van der Waals surface area contributed by atoms with Crippen molar-refractivity contribution in [1.29, 1.82) is 0 Å². The van der Waals surface area contributed by atoms with Gasteiger partial charge < -0.3 is 10.2 Å². The molecule has 0 aliphatic carbocycles. The van der Waals surface area contributed by atoms with Gasteiger partial charge in [0, 0.05) is 30.5 Å². The van der Waals surface area contributed by atoms with Gasteiger partial charge in [-0.25, -0.2) is 14.4 Å². The van der Waals surface area contributed by atoms with Crippen LogP contribution in [0.15, 0.2) is 60.8 Å². The van der Waals surface area contributed by atoms with Crippen molar-refractivity contribution in [1.82, 2.24) is 9.97 Å². The van der Waals surface area contributed by atoms with Gasteiger partial charge in [-0.05, 0) is 61.7 Å². The number of hydrogen-bond donors (Lipinski definition) is 1. The lowest BCUT2D eigenvalue weighted by atomic mass is 9.97. The molecule has 0 bridgehead atoms. The number of anilines is 2. The molecule has 1 aliphatic heterocycles. The van der Waals surface area contributed by atoms with Crippen LogP contribution in [0.25, 0.3) is 11.4 Å². The summed E-state index contributed by atoms with van der Waals surface area (Å²) in [5, 5.41) is 3.06. The van der Waals surface area contributed by atoms with Crippen LogP contribution in [0.4, 0.5) is 15.9 Å². The number of hydrogen-bond acceptors (Lipinski definition) is 4. The minimum atomic E-state index is -0.288. The third-order valence-corrected chi connectivity index (χ3v) is 5.26. The number of nitrogens with zero attached hydrogens (tertiary/aromatic N) is 3. The molecule has 0 radical (unpaired) electrons. The second-order valence-corrected chi connectivity index (χ2v) is 7.33. The van der Waals surface area contributed by atoms with Crippen molar-refractivity contribution < 1.29 is 9.18 Å². The van der Waals surface area contributed by atoms with Crippen molar-refractivity contribution >= 4 is 17.4 Å². The summed E-state index contributed by atoms with van der Waals surface area (Å²) < 4.78 is 13.2. The maximum Gasteiger partial charge on any atom is 0.229 e. The number of halogens is 1. The molecule has 3 aromatic rings. The SMILES string of the molecule is Cc1ccccc1NC(=O)C1CCCN(c2ccnc(-c3ccc(F)cc3)n2)C1. The van der Waals surface area contributed by atoms with Gasteiger partial charge in [0.05, 0.1) is 5.92 Å². The van der Waals surface area contributed by atoms with Gasteiger partial charge in [-0.15, -0.1) is 0 Å². The summed E-state index contributed by atoms with van der Waals surface area (Å²) >= 11 is 0. The Labute approximate surface area is 169 Å². The Hall–Kier alpha value is -3.28. The monoisotopic (exact) mass is 390 g/mol. The molecule has 1 aromatic heterocycles. The number of amides is 1. The normalized spacial score (nSPS) is 16.5. The number of para-hydroxylation sites is 1. The Morgan fingerprint density at radius 3 is 2.72 bits per heavy atom.